The summed E-state index contributed by atoms with van der Waals surface area (Å²) in [6.07, 6.45) is -0.612. The molecule has 23 heavy (non-hydrogen) atoms. The van der Waals surface area contributed by atoms with Crippen molar-refractivity contribution in [2.75, 3.05) is 32.7 Å². The normalized spacial score (nSPS) is 28.9. The summed E-state index contributed by atoms with van der Waals surface area (Å²) in [5.74, 6) is -0.138. The first-order valence-electron chi connectivity index (χ1n) is 8.05. The first kappa shape index (κ1) is 17.5. The predicted molar refractivity (Wildman–Crippen MR) is 81.8 cm³/mol. The van der Waals surface area contributed by atoms with Crippen molar-refractivity contribution >= 4 is 17.9 Å². The summed E-state index contributed by atoms with van der Waals surface area (Å²) in [5, 5.41) is 18.9. The Morgan fingerprint density at radius 3 is 2.52 bits per heavy atom. The van der Waals surface area contributed by atoms with E-state index >= 15 is 0 Å². The Kier molecular flexibility index (Phi) is 5.46. The topological polar surface area (TPSA) is 101 Å². The minimum absolute atomic E-state index is 0.0722. The third-order valence-corrected chi connectivity index (χ3v) is 4.86. The molecular weight excluding hydrogens is 302 g/mol. The lowest BCUT2D eigenvalue weighted by Gasteiger charge is -2.38. The van der Waals surface area contributed by atoms with E-state index in [0.717, 1.165) is 11.3 Å². The second-order valence-electron chi connectivity index (χ2n) is 6.40. The van der Waals surface area contributed by atoms with Crippen LogP contribution in [0, 0.1) is 5.92 Å². The van der Waals surface area contributed by atoms with Gasteiger partial charge in [0.05, 0.1) is 6.10 Å². The number of piperazine rings is 1. The fourth-order valence-electron chi connectivity index (χ4n) is 3.08. The number of piperidine rings is 1. The lowest BCUT2D eigenvalue weighted by atomic mass is 9.96. The zero-order valence-electron chi connectivity index (χ0n) is 13.6. The molecule has 130 valence electrons. The van der Waals surface area contributed by atoms with Crippen molar-refractivity contribution in [3.05, 3.63) is 0 Å². The van der Waals surface area contributed by atoms with Crippen molar-refractivity contribution in [2.24, 2.45) is 5.92 Å². The number of β-amino-alcohol motifs (C(OH)–C–C–N with tert-alkyl or cyclic N) is 1. The Labute approximate surface area is 135 Å². The molecule has 0 unspecified atom stereocenters. The molecule has 0 aliphatic carbocycles. The molecule has 2 fully saturated rings. The molecule has 2 rings (SSSR count). The maximum Gasteiger partial charge on any atom is 0.408 e. The molecule has 2 N–H and O–H groups in total. The van der Waals surface area contributed by atoms with E-state index in [1.165, 1.54) is 0 Å². The van der Waals surface area contributed by atoms with Gasteiger partial charge in [0, 0.05) is 39.1 Å². The zero-order valence-corrected chi connectivity index (χ0v) is 13.6. The fourth-order valence-corrected chi connectivity index (χ4v) is 3.08. The molecule has 0 aromatic carbocycles. The number of nitrogens with zero attached hydrogens (tertiary/aromatic N) is 3. The summed E-state index contributed by atoms with van der Waals surface area (Å²) in [7, 11) is 0. The molecule has 3 amide bonds. The van der Waals surface area contributed by atoms with E-state index in [-0.39, 0.29) is 37.2 Å². The number of hydrogen-bond donors (Lipinski definition) is 2. The molecule has 2 saturated heterocycles. The van der Waals surface area contributed by atoms with Crippen LogP contribution in [0.5, 0.6) is 0 Å². The van der Waals surface area contributed by atoms with Gasteiger partial charge in [0.15, 0.2) is 0 Å². The highest BCUT2D eigenvalue weighted by molar-refractivity contribution is 5.86. The maximum absolute atomic E-state index is 12.2. The van der Waals surface area contributed by atoms with Crippen molar-refractivity contribution in [3.63, 3.8) is 0 Å². The van der Waals surface area contributed by atoms with E-state index in [1.807, 2.05) is 6.92 Å². The van der Waals surface area contributed by atoms with Gasteiger partial charge in [-0.05, 0) is 19.3 Å². The second-order valence-corrected chi connectivity index (χ2v) is 6.40. The SMILES string of the molecule is C[C@H]1CCN(C(=O)CCN2CCN(C(=O)O)[C@@H](C)C2=O)C[C@H]1O. The molecule has 0 bridgehead atoms. The highest BCUT2D eigenvalue weighted by Crippen LogP contribution is 2.18. The Bertz CT molecular complexity index is 484. The molecule has 2 heterocycles. The summed E-state index contributed by atoms with van der Waals surface area (Å²) in [5.41, 5.74) is 0. The van der Waals surface area contributed by atoms with Crippen LogP contribution in [0.3, 0.4) is 0 Å². The molecule has 3 atom stereocenters. The van der Waals surface area contributed by atoms with Gasteiger partial charge in [-0.2, -0.15) is 0 Å². The molecule has 0 aromatic heterocycles. The van der Waals surface area contributed by atoms with Gasteiger partial charge in [-0.25, -0.2) is 4.79 Å². The molecule has 0 radical (unpaired) electrons. The van der Waals surface area contributed by atoms with Gasteiger partial charge < -0.3 is 20.0 Å². The van der Waals surface area contributed by atoms with Crippen LogP contribution in [0.4, 0.5) is 4.79 Å². The Morgan fingerprint density at radius 2 is 1.91 bits per heavy atom. The summed E-state index contributed by atoms with van der Waals surface area (Å²) in [4.78, 5) is 39.7. The number of carbonyl (C=O) groups is 3. The highest BCUT2D eigenvalue weighted by Gasteiger charge is 2.34. The van der Waals surface area contributed by atoms with Crippen LogP contribution in [0.2, 0.25) is 0 Å². The molecule has 8 heteroatoms. The van der Waals surface area contributed by atoms with E-state index in [0.29, 0.717) is 19.6 Å². The number of aliphatic hydroxyl groups excluding tert-OH is 1. The van der Waals surface area contributed by atoms with Crippen LogP contribution in [0.1, 0.15) is 26.7 Å². The van der Waals surface area contributed by atoms with Crippen LogP contribution in [-0.4, -0.2) is 87.7 Å². The van der Waals surface area contributed by atoms with E-state index in [2.05, 4.69) is 0 Å². The molecular formula is C15H25N3O5. The lowest BCUT2D eigenvalue weighted by molar-refractivity contribution is -0.142. The zero-order chi connectivity index (χ0) is 17.1. The molecule has 0 aromatic rings. The summed E-state index contributed by atoms with van der Waals surface area (Å²) in [6.45, 7) is 5.36. The number of carboxylic acid groups (broad SMARTS) is 1. The minimum Gasteiger partial charge on any atom is -0.465 e. The smallest absolute Gasteiger partial charge is 0.408 e. The van der Waals surface area contributed by atoms with E-state index in [4.69, 9.17) is 5.11 Å². The van der Waals surface area contributed by atoms with E-state index < -0.39 is 18.2 Å². The van der Waals surface area contributed by atoms with Crippen LogP contribution >= 0.6 is 0 Å². The molecule has 2 aliphatic rings. The number of aliphatic hydroxyl groups is 1. The number of hydrogen-bond acceptors (Lipinski definition) is 4. The first-order valence-corrected chi connectivity index (χ1v) is 8.05. The fraction of sp³-hybridized carbons (Fsp3) is 0.800. The third kappa shape index (κ3) is 3.93. The summed E-state index contributed by atoms with van der Waals surface area (Å²) < 4.78 is 0. The van der Waals surface area contributed by atoms with E-state index in [9.17, 15) is 19.5 Å². The van der Waals surface area contributed by atoms with Crippen LogP contribution in [0.15, 0.2) is 0 Å². The monoisotopic (exact) mass is 327 g/mol. The average molecular weight is 327 g/mol. The van der Waals surface area contributed by atoms with Gasteiger partial charge in [0.1, 0.15) is 6.04 Å². The predicted octanol–water partition coefficient (Wildman–Crippen LogP) is -0.183. The molecule has 0 spiro atoms. The average Bonchev–Trinajstić information content (AvgIpc) is 2.50. The highest BCUT2D eigenvalue weighted by atomic mass is 16.4. The van der Waals surface area contributed by atoms with Crippen molar-refractivity contribution < 1.29 is 24.6 Å². The first-order chi connectivity index (χ1) is 10.8. The number of likely N-dealkylation sites (tertiary alicyclic amines) is 1. The van der Waals surface area contributed by atoms with Crippen molar-refractivity contribution in [1.29, 1.82) is 0 Å². The van der Waals surface area contributed by atoms with Crippen LogP contribution in [-0.2, 0) is 9.59 Å². The van der Waals surface area contributed by atoms with Crippen molar-refractivity contribution in [3.8, 4) is 0 Å². The number of carbonyl (C=O) groups excluding carboxylic acids is 2. The Hall–Kier alpha value is -1.83. The largest absolute Gasteiger partial charge is 0.465 e. The van der Waals surface area contributed by atoms with Crippen molar-refractivity contribution in [1.82, 2.24) is 14.7 Å². The lowest BCUT2D eigenvalue weighted by Crippen LogP contribution is -2.57. The van der Waals surface area contributed by atoms with E-state index in [1.54, 1.807) is 16.7 Å². The van der Waals surface area contributed by atoms with Gasteiger partial charge in [0.25, 0.3) is 0 Å². The van der Waals surface area contributed by atoms with Gasteiger partial charge in [-0.3, -0.25) is 14.5 Å². The van der Waals surface area contributed by atoms with Crippen LogP contribution in [0.25, 0.3) is 0 Å². The van der Waals surface area contributed by atoms with Gasteiger partial charge in [0.2, 0.25) is 11.8 Å². The Balaban J connectivity index is 1.83. The minimum atomic E-state index is -1.10. The quantitative estimate of drug-likeness (QED) is 0.748. The summed E-state index contributed by atoms with van der Waals surface area (Å²) >= 11 is 0. The number of amides is 3. The standard InChI is InChI=1S/C15H25N3O5/c1-10-3-5-17(9-12(10)19)13(20)4-6-16-7-8-18(15(22)23)11(2)14(16)21/h10-12,19H,3-9H2,1-2H3,(H,22,23)/t10-,11-,12+/m0/s1. The second kappa shape index (κ2) is 7.16. The molecule has 8 nitrogen and oxygen atoms in total. The number of rotatable bonds is 3. The third-order valence-electron chi connectivity index (χ3n) is 4.86. The molecule has 0 saturated carbocycles. The van der Waals surface area contributed by atoms with Gasteiger partial charge in [-0.15, -0.1) is 0 Å². The Morgan fingerprint density at radius 1 is 1.22 bits per heavy atom. The van der Waals surface area contributed by atoms with Crippen LogP contribution < -0.4 is 0 Å². The summed E-state index contributed by atoms with van der Waals surface area (Å²) in [6, 6.07) is -0.714. The molecule has 2 aliphatic heterocycles. The van der Waals surface area contributed by atoms with Gasteiger partial charge in [-0.1, -0.05) is 6.92 Å². The van der Waals surface area contributed by atoms with Crippen molar-refractivity contribution in [2.45, 2.75) is 38.8 Å². The van der Waals surface area contributed by atoms with Gasteiger partial charge >= 0.3 is 6.09 Å². The maximum atomic E-state index is 12.2.